The summed E-state index contributed by atoms with van der Waals surface area (Å²) < 4.78 is 6.64. The van der Waals surface area contributed by atoms with Crippen LogP contribution in [0.4, 0.5) is 17.1 Å². The van der Waals surface area contributed by atoms with Crippen molar-refractivity contribution in [2.24, 2.45) is 0 Å². The number of hydrogen-bond acceptors (Lipinski definition) is 2. The molecule has 2 heteroatoms. The van der Waals surface area contributed by atoms with Gasteiger partial charge in [-0.3, -0.25) is 0 Å². The van der Waals surface area contributed by atoms with Gasteiger partial charge >= 0.3 is 0 Å². The number of anilines is 3. The SMILES string of the molecule is CC1(C)c2ccccc2-c2cc3c(cc21)-c1ccc2cc(N(c4ccc(-c5ccccc5)cc4)c4cccc5c4oc4ccccc45)ccc2c1C3(C)C. The van der Waals surface area contributed by atoms with Crippen molar-refractivity contribution in [3.63, 3.8) is 0 Å². The summed E-state index contributed by atoms with van der Waals surface area (Å²) in [6.45, 7) is 9.57. The van der Waals surface area contributed by atoms with Gasteiger partial charge in [-0.1, -0.05) is 143 Å². The van der Waals surface area contributed by atoms with E-state index < -0.39 is 0 Å². The maximum atomic E-state index is 6.64. The highest BCUT2D eigenvalue weighted by Gasteiger charge is 2.42. The lowest BCUT2D eigenvalue weighted by Gasteiger charge is -2.27. The third-order valence-corrected chi connectivity index (χ3v) is 12.4. The number of para-hydroxylation sites is 2. The van der Waals surface area contributed by atoms with Crippen LogP contribution in [-0.4, -0.2) is 0 Å². The fourth-order valence-corrected chi connectivity index (χ4v) is 9.75. The summed E-state index contributed by atoms with van der Waals surface area (Å²) in [5.74, 6) is 0. The van der Waals surface area contributed by atoms with E-state index in [0.717, 1.165) is 39.0 Å². The molecule has 0 fully saturated rings. The van der Waals surface area contributed by atoms with Crippen LogP contribution in [0.5, 0.6) is 0 Å². The van der Waals surface area contributed by atoms with Crippen LogP contribution < -0.4 is 4.90 Å². The molecule has 9 aromatic rings. The van der Waals surface area contributed by atoms with E-state index in [1.807, 2.05) is 6.07 Å². The molecule has 1 heterocycles. The van der Waals surface area contributed by atoms with Gasteiger partial charge in [-0.25, -0.2) is 0 Å². The monoisotopic (exact) mass is 693 g/mol. The van der Waals surface area contributed by atoms with E-state index in [1.165, 1.54) is 66.4 Å². The second-order valence-corrected chi connectivity index (χ2v) is 16.1. The minimum atomic E-state index is -0.158. The quantitative estimate of drug-likeness (QED) is 0.182. The van der Waals surface area contributed by atoms with Crippen LogP contribution in [-0.2, 0) is 10.8 Å². The second kappa shape index (κ2) is 11.1. The number of nitrogens with zero attached hydrogens (tertiary/aromatic N) is 1. The van der Waals surface area contributed by atoms with Crippen LogP contribution in [0.15, 0.2) is 168 Å². The van der Waals surface area contributed by atoms with Gasteiger partial charge in [-0.15, -0.1) is 0 Å². The van der Waals surface area contributed by atoms with Crippen LogP contribution in [0.3, 0.4) is 0 Å². The molecular weight excluding hydrogens is 655 g/mol. The Hall–Kier alpha value is -6.38. The lowest BCUT2D eigenvalue weighted by Crippen LogP contribution is -2.17. The number of hydrogen-bond donors (Lipinski definition) is 0. The molecule has 2 aliphatic rings. The number of rotatable bonds is 4. The molecule has 2 nitrogen and oxygen atoms in total. The zero-order chi connectivity index (χ0) is 36.3. The Morgan fingerprint density at radius 1 is 0.426 bits per heavy atom. The first-order valence-electron chi connectivity index (χ1n) is 19.0. The number of fused-ring (bicyclic) bond motifs is 11. The fraction of sp³-hybridized carbons (Fsp3) is 0.115. The van der Waals surface area contributed by atoms with Crippen molar-refractivity contribution in [2.45, 2.75) is 38.5 Å². The zero-order valence-corrected chi connectivity index (χ0v) is 30.9. The Balaban J connectivity index is 1.08. The molecule has 8 aromatic carbocycles. The molecule has 0 atom stereocenters. The molecule has 258 valence electrons. The highest BCUT2D eigenvalue weighted by molar-refractivity contribution is 6.10. The van der Waals surface area contributed by atoms with Gasteiger partial charge in [0, 0.05) is 33.0 Å². The molecule has 1 aromatic heterocycles. The van der Waals surface area contributed by atoms with Crippen LogP contribution in [0, 0.1) is 0 Å². The van der Waals surface area contributed by atoms with E-state index in [0.29, 0.717) is 0 Å². The van der Waals surface area contributed by atoms with Gasteiger partial charge in [0.05, 0.1) is 5.69 Å². The lowest BCUT2D eigenvalue weighted by molar-refractivity contribution is 0.654. The normalized spacial score (nSPS) is 14.6. The standard InChI is InChI=1S/C52H39NO/c1-51(2)44-18-10-8-15-38(44)42-30-46-43(31-45(42)51)40-27-23-34-29-36(26-28-37(34)49(40)52(46,3)4)53(35-24-21-33(22-25-35)32-13-6-5-7-14-32)47-19-12-17-41-39-16-9-11-20-48(39)54-50(41)47/h5-31H,1-4H3. The predicted octanol–water partition coefficient (Wildman–Crippen LogP) is 14.5. The summed E-state index contributed by atoms with van der Waals surface area (Å²) in [5.41, 5.74) is 18.3. The van der Waals surface area contributed by atoms with Crippen LogP contribution in [0.25, 0.3) is 66.1 Å². The van der Waals surface area contributed by atoms with Gasteiger partial charge < -0.3 is 9.32 Å². The summed E-state index contributed by atoms with van der Waals surface area (Å²) in [5, 5.41) is 4.78. The molecule has 0 unspecified atom stereocenters. The third-order valence-electron chi connectivity index (χ3n) is 12.4. The van der Waals surface area contributed by atoms with Crippen LogP contribution in [0.1, 0.15) is 49.9 Å². The first kappa shape index (κ1) is 31.2. The molecule has 54 heavy (non-hydrogen) atoms. The fourth-order valence-electron chi connectivity index (χ4n) is 9.75. The van der Waals surface area contributed by atoms with Crippen LogP contribution in [0.2, 0.25) is 0 Å². The van der Waals surface area contributed by atoms with Gasteiger partial charge in [-0.2, -0.15) is 0 Å². The van der Waals surface area contributed by atoms with Gasteiger partial charge in [0.25, 0.3) is 0 Å². The highest BCUT2D eigenvalue weighted by Crippen LogP contribution is 2.57. The average molecular weight is 694 g/mol. The van der Waals surface area contributed by atoms with Crippen molar-refractivity contribution in [2.75, 3.05) is 4.90 Å². The Morgan fingerprint density at radius 2 is 1.09 bits per heavy atom. The van der Waals surface area contributed by atoms with Crippen molar-refractivity contribution in [3.8, 4) is 33.4 Å². The number of furan rings is 1. The predicted molar refractivity (Wildman–Crippen MR) is 226 cm³/mol. The molecule has 0 spiro atoms. The second-order valence-electron chi connectivity index (χ2n) is 16.1. The van der Waals surface area contributed by atoms with E-state index in [4.69, 9.17) is 4.42 Å². The summed E-state index contributed by atoms with van der Waals surface area (Å²) in [6.07, 6.45) is 0. The molecule has 0 bridgehead atoms. The Kier molecular flexibility index (Phi) is 6.39. The summed E-state index contributed by atoms with van der Waals surface area (Å²) in [6, 6.07) is 60.0. The minimum Gasteiger partial charge on any atom is -0.454 e. The van der Waals surface area contributed by atoms with Gasteiger partial charge in [0.1, 0.15) is 5.58 Å². The topological polar surface area (TPSA) is 16.4 Å². The van der Waals surface area contributed by atoms with Gasteiger partial charge in [0.15, 0.2) is 5.58 Å². The zero-order valence-electron chi connectivity index (χ0n) is 30.9. The van der Waals surface area contributed by atoms with Crippen molar-refractivity contribution in [1.82, 2.24) is 0 Å². The Morgan fingerprint density at radius 3 is 1.93 bits per heavy atom. The summed E-state index contributed by atoms with van der Waals surface area (Å²) >= 11 is 0. The maximum absolute atomic E-state index is 6.64. The summed E-state index contributed by atoms with van der Waals surface area (Å²) in [7, 11) is 0. The molecule has 0 radical (unpaired) electrons. The van der Waals surface area contributed by atoms with E-state index in [2.05, 4.69) is 190 Å². The molecule has 0 amide bonds. The molecule has 11 rings (SSSR count). The maximum Gasteiger partial charge on any atom is 0.159 e. The first-order chi connectivity index (χ1) is 26.3. The van der Waals surface area contributed by atoms with E-state index in [-0.39, 0.29) is 10.8 Å². The molecule has 0 saturated heterocycles. The van der Waals surface area contributed by atoms with E-state index in [9.17, 15) is 0 Å². The molecular formula is C52H39NO. The largest absolute Gasteiger partial charge is 0.454 e. The molecule has 2 aliphatic carbocycles. The lowest BCUT2D eigenvalue weighted by atomic mass is 9.78. The van der Waals surface area contributed by atoms with Gasteiger partial charge in [0.2, 0.25) is 0 Å². The van der Waals surface area contributed by atoms with E-state index >= 15 is 0 Å². The van der Waals surface area contributed by atoms with Crippen LogP contribution >= 0.6 is 0 Å². The van der Waals surface area contributed by atoms with Crippen molar-refractivity contribution in [3.05, 3.63) is 186 Å². The van der Waals surface area contributed by atoms with Crippen molar-refractivity contribution < 1.29 is 4.42 Å². The highest BCUT2D eigenvalue weighted by atomic mass is 16.3. The number of benzene rings is 8. The first-order valence-corrected chi connectivity index (χ1v) is 19.0. The van der Waals surface area contributed by atoms with E-state index in [1.54, 1.807) is 0 Å². The smallest absolute Gasteiger partial charge is 0.159 e. The minimum absolute atomic E-state index is 0.0366. The molecule has 0 N–H and O–H groups in total. The molecule has 0 saturated carbocycles. The van der Waals surface area contributed by atoms with Gasteiger partial charge in [-0.05, 0) is 115 Å². The molecule has 0 aliphatic heterocycles. The average Bonchev–Trinajstić information content (AvgIpc) is 3.78. The summed E-state index contributed by atoms with van der Waals surface area (Å²) in [4.78, 5) is 2.36. The van der Waals surface area contributed by atoms with Crippen molar-refractivity contribution >= 4 is 49.8 Å². The van der Waals surface area contributed by atoms with Crippen molar-refractivity contribution in [1.29, 1.82) is 0 Å². The Labute approximate surface area is 315 Å². The Bertz CT molecular complexity index is 2980. The third kappa shape index (κ3) is 4.28.